The Morgan fingerprint density at radius 1 is 1.55 bits per heavy atom. The van der Waals surface area contributed by atoms with Gasteiger partial charge >= 0.3 is 5.97 Å². The van der Waals surface area contributed by atoms with Crippen LogP contribution in [-0.2, 0) is 24.0 Å². The minimum Gasteiger partial charge on any atom is -0.388 e. The number of nitrogens with zero attached hydrogens (tertiary/aromatic N) is 1. The first kappa shape index (κ1) is 16.5. The Morgan fingerprint density at radius 2 is 2.10 bits per heavy atom. The van der Waals surface area contributed by atoms with E-state index in [4.69, 9.17) is 0 Å². The highest BCUT2D eigenvalue weighted by Crippen LogP contribution is 2.31. The molecule has 2 fully saturated rings. The van der Waals surface area contributed by atoms with Gasteiger partial charge in [0, 0.05) is 21.3 Å². The molecule has 1 aliphatic heterocycles. The predicted octanol–water partition coefficient (Wildman–Crippen LogP) is -1.17. The van der Waals surface area contributed by atoms with Crippen molar-refractivity contribution in [3.63, 3.8) is 0 Å². The molecular weight excluding hydrogens is 268 g/mol. The lowest BCUT2D eigenvalue weighted by molar-refractivity contribution is -0.183. The van der Waals surface area contributed by atoms with Crippen LogP contribution in [-0.4, -0.2) is 61.4 Å². The fraction of sp³-hybridized carbons (Fsp3) is 0.750. The molecule has 0 radical (unpaired) electrons. The third-order valence-corrected chi connectivity index (χ3v) is 3.28. The van der Waals surface area contributed by atoms with Gasteiger partial charge in [0.25, 0.3) is 0 Å². The number of carbonyl (C=O) groups excluding carboxylic acids is 3. The van der Waals surface area contributed by atoms with Crippen molar-refractivity contribution in [2.45, 2.75) is 31.0 Å². The van der Waals surface area contributed by atoms with Crippen LogP contribution in [0.4, 0.5) is 0 Å². The quantitative estimate of drug-likeness (QED) is 0.497. The summed E-state index contributed by atoms with van der Waals surface area (Å²) >= 11 is 0. The molecule has 2 N–H and O–H groups in total. The van der Waals surface area contributed by atoms with Crippen LogP contribution in [0.2, 0.25) is 0 Å². The van der Waals surface area contributed by atoms with Crippen LogP contribution in [0.3, 0.4) is 0 Å². The smallest absolute Gasteiger partial charge is 0.341 e. The molecule has 2 aliphatic rings. The number of carbonyl (C=O) groups is 3. The second-order valence-electron chi connectivity index (χ2n) is 4.87. The topological polar surface area (TPSA) is 105 Å². The maximum Gasteiger partial charge on any atom is 0.341 e. The van der Waals surface area contributed by atoms with Gasteiger partial charge in [0.1, 0.15) is 6.29 Å². The van der Waals surface area contributed by atoms with Crippen LogP contribution in [0.15, 0.2) is 0 Å². The number of hydroxylamine groups is 2. The van der Waals surface area contributed by atoms with Gasteiger partial charge in [-0.2, -0.15) is 0 Å². The van der Waals surface area contributed by atoms with Crippen LogP contribution in [0, 0.1) is 5.92 Å². The number of ether oxygens (including phenoxy) is 1. The molecule has 1 saturated heterocycles. The SMILES string of the molecule is CN1OC(=O)C(C(=O)NC2(C=O)CCC2)C1O.COC. The summed E-state index contributed by atoms with van der Waals surface area (Å²) in [6, 6.07) is 0. The van der Waals surface area contributed by atoms with Gasteiger partial charge in [0.2, 0.25) is 5.91 Å². The second-order valence-corrected chi connectivity index (χ2v) is 4.87. The van der Waals surface area contributed by atoms with Gasteiger partial charge in [0.15, 0.2) is 12.1 Å². The summed E-state index contributed by atoms with van der Waals surface area (Å²) in [6.45, 7) is 0. The average Bonchev–Trinajstić information content (AvgIpc) is 2.59. The summed E-state index contributed by atoms with van der Waals surface area (Å²) in [4.78, 5) is 38.7. The Labute approximate surface area is 117 Å². The van der Waals surface area contributed by atoms with E-state index in [1.54, 1.807) is 14.2 Å². The molecule has 0 spiro atoms. The Kier molecular flexibility index (Phi) is 5.61. The van der Waals surface area contributed by atoms with Gasteiger partial charge in [-0.25, -0.2) is 4.79 Å². The summed E-state index contributed by atoms with van der Waals surface area (Å²) in [7, 11) is 4.61. The van der Waals surface area contributed by atoms with Crippen molar-refractivity contribution in [3.8, 4) is 0 Å². The first-order valence-corrected chi connectivity index (χ1v) is 6.22. The molecule has 20 heavy (non-hydrogen) atoms. The maximum absolute atomic E-state index is 11.8. The van der Waals surface area contributed by atoms with Gasteiger partial charge in [-0.15, -0.1) is 5.06 Å². The van der Waals surface area contributed by atoms with Crippen LogP contribution in [0.1, 0.15) is 19.3 Å². The first-order valence-electron chi connectivity index (χ1n) is 6.22. The summed E-state index contributed by atoms with van der Waals surface area (Å²) in [6.07, 6.45) is 1.36. The van der Waals surface area contributed by atoms with Gasteiger partial charge in [-0.05, 0) is 19.3 Å². The number of aliphatic hydroxyl groups is 1. The van der Waals surface area contributed by atoms with E-state index in [-0.39, 0.29) is 0 Å². The molecule has 0 bridgehead atoms. The molecule has 8 nitrogen and oxygen atoms in total. The van der Waals surface area contributed by atoms with Crippen molar-refractivity contribution < 1.29 is 29.1 Å². The normalized spacial score (nSPS) is 27.7. The standard InChI is InChI=1S/C10H14N2O5.C2H6O/c1-12-8(15)6(9(16)17-12)7(14)11-10(5-13)3-2-4-10;1-3-2/h5-6,8,15H,2-4H2,1H3,(H,11,14);1-2H3. The molecule has 0 aromatic carbocycles. The van der Waals surface area contributed by atoms with Crippen molar-refractivity contribution in [1.29, 1.82) is 0 Å². The summed E-state index contributed by atoms with van der Waals surface area (Å²) in [5.74, 6) is -2.77. The largest absolute Gasteiger partial charge is 0.388 e. The fourth-order valence-corrected chi connectivity index (χ4v) is 1.98. The number of rotatable bonds is 3. The third kappa shape index (κ3) is 3.33. The van der Waals surface area contributed by atoms with Gasteiger partial charge in [-0.1, -0.05) is 0 Å². The Bertz CT molecular complexity index is 382. The number of nitrogens with one attached hydrogen (secondary N) is 1. The van der Waals surface area contributed by atoms with Crippen LogP contribution < -0.4 is 5.32 Å². The second kappa shape index (κ2) is 6.78. The third-order valence-electron chi connectivity index (χ3n) is 3.28. The zero-order chi connectivity index (χ0) is 15.3. The maximum atomic E-state index is 11.8. The molecule has 8 heteroatoms. The minimum atomic E-state index is -1.31. The zero-order valence-corrected chi connectivity index (χ0v) is 11.8. The fourth-order valence-electron chi connectivity index (χ4n) is 1.98. The van der Waals surface area contributed by atoms with Crippen LogP contribution in [0.25, 0.3) is 0 Å². The molecule has 0 aromatic heterocycles. The predicted molar refractivity (Wildman–Crippen MR) is 67.1 cm³/mol. The van der Waals surface area contributed by atoms with E-state index in [2.05, 4.69) is 14.9 Å². The van der Waals surface area contributed by atoms with E-state index in [9.17, 15) is 19.5 Å². The van der Waals surface area contributed by atoms with Crippen molar-refractivity contribution >= 4 is 18.2 Å². The number of amides is 1. The van der Waals surface area contributed by atoms with Gasteiger partial charge in [-0.3, -0.25) is 4.79 Å². The lowest BCUT2D eigenvalue weighted by atomic mass is 9.77. The van der Waals surface area contributed by atoms with E-state index in [0.717, 1.165) is 11.5 Å². The monoisotopic (exact) mass is 288 g/mol. The highest BCUT2D eigenvalue weighted by molar-refractivity contribution is 6.00. The molecule has 0 aromatic rings. The number of aliphatic hydroxyl groups excluding tert-OH is 1. The number of methoxy groups -OCH3 is 1. The molecule has 1 heterocycles. The van der Waals surface area contributed by atoms with Crippen LogP contribution in [0.5, 0.6) is 0 Å². The lowest BCUT2D eigenvalue weighted by Gasteiger charge is -2.37. The lowest BCUT2D eigenvalue weighted by Crippen LogP contribution is -2.57. The van der Waals surface area contributed by atoms with Crippen molar-refractivity contribution in [2.75, 3.05) is 21.3 Å². The molecule has 2 unspecified atom stereocenters. The average molecular weight is 288 g/mol. The van der Waals surface area contributed by atoms with E-state index < -0.39 is 29.6 Å². The highest BCUT2D eigenvalue weighted by Gasteiger charge is 2.48. The molecule has 1 amide bonds. The number of hydrogen-bond acceptors (Lipinski definition) is 7. The number of hydrogen-bond donors (Lipinski definition) is 2. The van der Waals surface area contributed by atoms with E-state index in [1.165, 1.54) is 7.05 Å². The van der Waals surface area contributed by atoms with E-state index in [0.29, 0.717) is 19.1 Å². The van der Waals surface area contributed by atoms with E-state index in [1.807, 2.05) is 0 Å². The molecule has 1 aliphatic carbocycles. The Morgan fingerprint density at radius 3 is 2.40 bits per heavy atom. The number of aldehydes is 1. The summed E-state index contributed by atoms with van der Waals surface area (Å²) in [5.41, 5.74) is -0.863. The molecule has 1 saturated carbocycles. The molecule has 114 valence electrons. The van der Waals surface area contributed by atoms with E-state index >= 15 is 0 Å². The Balaban J connectivity index is 0.000000612. The van der Waals surface area contributed by atoms with Crippen molar-refractivity contribution in [2.24, 2.45) is 5.92 Å². The van der Waals surface area contributed by atoms with Crippen molar-refractivity contribution in [1.82, 2.24) is 10.4 Å². The molecular formula is C12H20N2O6. The van der Waals surface area contributed by atoms with Crippen molar-refractivity contribution in [3.05, 3.63) is 0 Å². The van der Waals surface area contributed by atoms with Crippen LogP contribution >= 0.6 is 0 Å². The zero-order valence-electron chi connectivity index (χ0n) is 11.8. The summed E-state index contributed by atoms with van der Waals surface area (Å²) in [5, 5.41) is 13.0. The van der Waals surface area contributed by atoms with Gasteiger partial charge in [0.05, 0.1) is 5.54 Å². The first-order chi connectivity index (χ1) is 9.40. The van der Waals surface area contributed by atoms with Gasteiger partial charge < -0.3 is 24.8 Å². The molecule has 2 atom stereocenters. The Hall–Kier alpha value is -1.51. The summed E-state index contributed by atoms with van der Waals surface area (Å²) < 4.78 is 4.25. The minimum absolute atomic E-state index is 0.565. The molecule has 2 rings (SSSR count). The highest BCUT2D eigenvalue weighted by atomic mass is 16.7.